The van der Waals surface area contributed by atoms with Gasteiger partial charge in [0.1, 0.15) is 5.76 Å². The van der Waals surface area contributed by atoms with E-state index < -0.39 is 0 Å². The summed E-state index contributed by atoms with van der Waals surface area (Å²) < 4.78 is 0. The van der Waals surface area contributed by atoms with E-state index in [9.17, 15) is 5.11 Å². The van der Waals surface area contributed by atoms with Crippen molar-refractivity contribution in [2.24, 2.45) is 5.41 Å². The lowest BCUT2D eigenvalue weighted by Crippen LogP contribution is -2.42. The lowest BCUT2D eigenvalue weighted by atomic mass is 9.73. The molecule has 0 saturated carbocycles. The van der Waals surface area contributed by atoms with Crippen LogP contribution in [0.15, 0.2) is 24.3 Å². The number of hydrogen-bond acceptors (Lipinski definition) is 2. The van der Waals surface area contributed by atoms with Gasteiger partial charge in [-0.15, -0.1) is 0 Å². The van der Waals surface area contributed by atoms with Gasteiger partial charge >= 0.3 is 0 Å². The smallest absolute Gasteiger partial charge is 0.101 e. The molecule has 1 aromatic carbocycles. The van der Waals surface area contributed by atoms with E-state index in [1.807, 2.05) is 18.2 Å². The van der Waals surface area contributed by atoms with Crippen LogP contribution in [0.25, 0.3) is 11.8 Å². The maximum Gasteiger partial charge on any atom is 0.101 e. The summed E-state index contributed by atoms with van der Waals surface area (Å²) in [6, 6.07) is 8.15. The fraction of sp³-hybridized carbons (Fsp3) is 0.429. The van der Waals surface area contributed by atoms with Crippen LogP contribution in [0, 0.1) is 5.41 Å². The fourth-order valence-corrected chi connectivity index (χ4v) is 2.94. The number of benzene rings is 1. The molecule has 0 amide bonds. The van der Waals surface area contributed by atoms with Crippen LogP contribution in [0.2, 0.25) is 0 Å². The molecular formula is C14H17NO. The first-order valence-electron chi connectivity index (χ1n) is 6.00. The standard InChI is InChI=1S/C14H17NO/c16-13-10-14(5-7-15-8-6-14)9-11-3-1-2-4-12(11)13/h1-4,9,15-16H,5-8,10H2. The van der Waals surface area contributed by atoms with E-state index in [4.69, 9.17) is 0 Å². The quantitative estimate of drug-likeness (QED) is 0.674. The van der Waals surface area contributed by atoms with Crippen molar-refractivity contribution in [3.63, 3.8) is 0 Å². The molecule has 1 aliphatic carbocycles. The summed E-state index contributed by atoms with van der Waals surface area (Å²) in [5.74, 6) is 0.569. The van der Waals surface area contributed by atoms with Gasteiger partial charge in [0.25, 0.3) is 0 Å². The van der Waals surface area contributed by atoms with E-state index in [0.717, 1.165) is 37.6 Å². The summed E-state index contributed by atoms with van der Waals surface area (Å²) in [6.45, 7) is 2.12. The summed E-state index contributed by atoms with van der Waals surface area (Å²) >= 11 is 0. The van der Waals surface area contributed by atoms with Crippen molar-refractivity contribution in [3.05, 3.63) is 34.7 Å². The number of rotatable bonds is 0. The van der Waals surface area contributed by atoms with E-state index >= 15 is 0 Å². The second kappa shape index (κ2) is 3.63. The van der Waals surface area contributed by atoms with Gasteiger partial charge in [0.15, 0.2) is 0 Å². The largest absolute Gasteiger partial charge is 0.512 e. The Bertz CT molecular complexity index is 512. The zero-order chi connectivity index (χ0) is 11.0. The molecule has 3 rings (SSSR count). The number of hydrogen-bond donors (Lipinski definition) is 2. The SMILES string of the molecule is OC1=c2ccccc2=CC2(CCNCC2)C1. The Balaban J connectivity index is 2.15. The van der Waals surface area contributed by atoms with Gasteiger partial charge in [-0.3, -0.25) is 0 Å². The van der Waals surface area contributed by atoms with Crippen LogP contribution in [0.1, 0.15) is 19.3 Å². The van der Waals surface area contributed by atoms with E-state index in [1.165, 1.54) is 5.22 Å². The van der Waals surface area contributed by atoms with Crippen LogP contribution in [0.3, 0.4) is 0 Å². The second-order valence-corrected chi connectivity index (χ2v) is 4.97. The molecule has 0 radical (unpaired) electrons. The minimum atomic E-state index is 0.198. The number of aliphatic hydroxyl groups excluding tert-OH is 1. The molecule has 1 heterocycles. The lowest BCUT2D eigenvalue weighted by molar-refractivity contribution is 0.275. The molecule has 2 N–H and O–H groups in total. The van der Waals surface area contributed by atoms with Crippen LogP contribution in [-0.4, -0.2) is 18.2 Å². The highest BCUT2D eigenvalue weighted by molar-refractivity contribution is 5.50. The Kier molecular flexibility index (Phi) is 2.25. The molecule has 1 aromatic rings. The van der Waals surface area contributed by atoms with Crippen LogP contribution < -0.4 is 15.8 Å². The maximum absolute atomic E-state index is 10.2. The highest BCUT2D eigenvalue weighted by Crippen LogP contribution is 2.37. The first kappa shape index (κ1) is 9.91. The first-order chi connectivity index (χ1) is 7.79. The number of piperidine rings is 1. The Morgan fingerprint density at radius 2 is 1.88 bits per heavy atom. The van der Waals surface area contributed by atoms with Gasteiger partial charge < -0.3 is 10.4 Å². The molecule has 1 fully saturated rings. The maximum atomic E-state index is 10.2. The molecule has 2 heteroatoms. The van der Waals surface area contributed by atoms with Crippen LogP contribution in [0.4, 0.5) is 0 Å². The Morgan fingerprint density at radius 1 is 1.12 bits per heavy atom. The minimum Gasteiger partial charge on any atom is -0.512 e. The summed E-state index contributed by atoms with van der Waals surface area (Å²) in [7, 11) is 0. The lowest BCUT2D eigenvalue weighted by Gasteiger charge is -2.36. The third kappa shape index (κ3) is 1.54. The topological polar surface area (TPSA) is 32.3 Å². The minimum absolute atomic E-state index is 0.198. The van der Waals surface area contributed by atoms with Crippen LogP contribution >= 0.6 is 0 Å². The van der Waals surface area contributed by atoms with Gasteiger partial charge in [0, 0.05) is 11.6 Å². The van der Waals surface area contributed by atoms with Gasteiger partial charge in [-0.25, -0.2) is 0 Å². The Hall–Kier alpha value is -1.28. The van der Waals surface area contributed by atoms with Gasteiger partial charge in [-0.2, -0.15) is 0 Å². The first-order valence-corrected chi connectivity index (χ1v) is 6.00. The monoisotopic (exact) mass is 215 g/mol. The zero-order valence-electron chi connectivity index (χ0n) is 9.37. The van der Waals surface area contributed by atoms with Crippen molar-refractivity contribution in [1.82, 2.24) is 5.32 Å². The Morgan fingerprint density at radius 3 is 2.69 bits per heavy atom. The van der Waals surface area contributed by atoms with E-state index in [2.05, 4.69) is 17.5 Å². The van der Waals surface area contributed by atoms with E-state index in [0.29, 0.717) is 5.76 Å². The van der Waals surface area contributed by atoms with Crippen molar-refractivity contribution in [1.29, 1.82) is 0 Å². The summed E-state index contributed by atoms with van der Waals surface area (Å²) in [5.41, 5.74) is 0.198. The predicted molar refractivity (Wildman–Crippen MR) is 65.3 cm³/mol. The van der Waals surface area contributed by atoms with Gasteiger partial charge in [0.05, 0.1) is 0 Å². The summed E-state index contributed by atoms with van der Waals surface area (Å²) in [6.07, 6.45) is 5.45. The highest BCUT2D eigenvalue weighted by Gasteiger charge is 2.32. The summed E-state index contributed by atoms with van der Waals surface area (Å²) in [5, 5.41) is 15.8. The van der Waals surface area contributed by atoms with Crippen molar-refractivity contribution in [2.45, 2.75) is 19.3 Å². The molecule has 1 spiro atoms. The van der Waals surface area contributed by atoms with Gasteiger partial charge in [0.2, 0.25) is 0 Å². The fourth-order valence-electron chi connectivity index (χ4n) is 2.94. The number of nitrogens with one attached hydrogen (secondary N) is 1. The predicted octanol–water partition coefficient (Wildman–Crippen LogP) is 0.907. The highest BCUT2D eigenvalue weighted by atomic mass is 16.3. The van der Waals surface area contributed by atoms with Gasteiger partial charge in [-0.1, -0.05) is 30.3 Å². The molecule has 1 saturated heterocycles. The van der Waals surface area contributed by atoms with Crippen LogP contribution in [0.5, 0.6) is 0 Å². The molecule has 1 aliphatic heterocycles. The van der Waals surface area contributed by atoms with Crippen molar-refractivity contribution < 1.29 is 5.11 Å². The molecule has 0 bridgehead atoms. The molecule has 2 aliphatic rings. The Labute approximate surface area is 95.3 Å². The van der Waals surface area contributed by atoms with E-state index in [1.54, 1.807) is 0 Å². The molecular weight excluding hydrogens is 198 g/mol. The average Bonchev–Trinajstić information content (AvgIpc) is 2.30. The molecule has 84 valence electrons. The molecule has 0 aromatic heterocycles. The van der Waals surface area contributed by atoms with Crippen molar-refractivity contribution in [2.75, 3.05) is 13.1 Å². The average molecular weight is 215 g/mol. The van der Waals surface area contributed by atoms with E-state index in [-0.39, 0.29) is 5.41 Å². The zero-order valence-corrected chi connectivity index (χ0v) is 9.37. The molecule has 16 heavy (non-hydrogen) atoms. The molecule has 2 nitrogen and oxygen atoms in total. The van der Waals surface area contributed by atoms with Gasteiger partial charge in [-0.05, 0) is 36.6 Å². The normalized spacial score (nSPS) is 22.6. The molecule has 0 atom stereocenters. The van der Waals surface area contributed by atoms with Crippen molar-refractivity contribution >= 4 is 11.8 Å². The third-order valence-corrected chi connectivity index (χ3v) is 3.85. The second-order valence-electron chi connectivity index (χ2n) is 4.97. The molecule has 0 unspecified atom stereocenters. The number of aliphatic hydroxyl groups is 1. The van der Waals surface area contributed by atoms with Crippen LogP contribution in [-0.2, 0) is 0 Å². The van der Waals surface area contributed by atoms with Crippen molar-refractivity contribution in [3.8, 4) is 0 Å². The third-order valence-electron chi connectivity index (χ3n) is 3.85. The summed E-state index contributed by atoms with van der Waals surface area (Å²) in [4.78, 5) is 0. The number of fused-ring (bicyclic) bond motifs is 1.